The van der Waals surface area contributed by atoms with Crippen LogP contribution in [0.3, 0.4) is 0 Å². The summed E-state index contributed by atoms with van der Waals surface area (Å²) >= 11 is 0. The molecule has 0 saturated heterocycles. The lowest BCUT2D eigenvalue weighted by molar-refractivity contribution is 0.146. The Morgan fingerprint density at radius 1 is 1.00 bits per heavy atom. The third-order valence-electron chi connectivity index (χ3n) is 4.09. The summed E-state index contributed by atoms with van der Waals surface area (Å²) in [6, 6.07) is 15.1. The van der Waals surface area contributed by atoms with Crippen LogP contribution >= 0.6 is 0 Å². The zero-order chi connectivity index (χ0) is 18.5. The van der Waals surface area contributed by atoms with Gasteiger partial charge in [0.05, 0.1) is 6.61 Å². The first-order chi connectivity index (χ1) is 12.6. The molecule has 0 bridgehead atoms. The summed E-state index contributed by atoms with van der Waals surface area (Å²) in [7, 11) is 1.62. The van der Waals surface area contributed by atoms with Crippen molar-refractivity contribution in [3.05, 3.63) is 82.5 Å². The van der Waals surface area contributed by atoms with Gasteiger partial charge in [0.1, 0.15) is 18.2 Å². The first-order valence-electron chi connectivity index (χ1n) is 8.30. The van der Waals surface area contributed by atoms with Crippen LogP contribution in [0.1, 0.15) is 5.56 Å². The predicted octanol–water partition coefficient (Wildman–Crippen LogP) is 3.98. The molecule has 0 aliphatic carbocycles. The molecule has 0 aliphatic heterocycles. The first kappa shape index (κ1) is 17.9. The number of hydrogen-bond donors (Lipinski definition) is 0. The van der Waals surface area contributed by atoms with Gasteiger partial charge >= 0.3 is 0 Å². The monoisotopic (exact) mass is 353 g/mol. The molecule has 1 aromatic heterocycles. The summed E-state index contributed by atoms with van der Waals surface area (Å²) in [5.74, 6) is 0.425. The average molecular weight is 353 g/mol. The number of nitrogens with zero attached hydrogens (tertiary/aromatic N) is 1. The van der Waals surface area contributed by atoms with E-state index >= 15 is 0 Å². The second-order valence-corrected chi connectivity index (χ2v) is 5.92. The molecule has 4 nitrogen and oxygen atoms in total. The van der Waals surface area contributed by atoms with Crippen molar-refractivity contribution in [2.24, 2.45) is 0 Å². The third-order valence-corrected chi connectivity index (χ3v) is 4.09. The zero-order valence-corrected chi connectivity index (χ0v) is 14.7. The number of methoxy groups -OCH3 is 1. The Bertz CT molecular complexity index is 931. The van der Waals surface area contributed by atoms with Crippen molar-refractivity contribution in [2.45, 2.75) is 6.92 Å². The molecule has 0 radical (unpaired) electrons. The van der Waals surface area contributed by atoms with Crippen molar-refractivity contribution in [3.8, 4) is 22.6 Å². The van der Waals surface area contributed by atoms with Gasteiger partial charge < -0.3 is 9.47 Å². The summed E-state index contributed by atoms with van der Waals surface area (Å²) in [5.41, 5.74) is 3.19. The van der Waals surface area contributed by atoms with Gasteiger partial charge in [-0.1, -0.05) is 12.1 Å². The van der Waals surface area contributed by atoms with Gasteiger partial charge in [0.15, 0.2) is 0 Å². The van der Waals surface area contributed by atoms with Crippen molar-refractivity contribution in [2.75, 3.05) is 20.3 Å². The maximum atomic E-state index is 13.2. The fourth-order valence-electron chi connectivity index (χ4n) is 2.71. The lowest BCUT2D eigenvalue weighted by Gasteiger charge is -2.12. The smallest absolute Gasteiger partial charge is 0.255 e. The standard InChI is InChI=1S/C21H20FNO3/c1-15-13-21(24)23(14-20(15)16-3-5-17(22)6-4-16)18-7-9-19(10-8-18)26-12-11-25-2/h3-10,13-14H,11-12H2,1-2H3. The molecule has 3 aromatic rings. The summed E-state index contributed by atoms with van der Waals surface area (Å²) < 4.78 is 25.3. The van der Waals surface area contributed by atoms with E-state index in [2.05, 4.69) is 0 Å². The molecular formula is C21H20FNO3. The number of pyridine rings is 1. The zero-order valence-electron chi connectivity index (χ0n) is 14.7. The molecule has 1 heterocycles. The van der Waals surface area contributed by atoms with E-state index in [0.29, 0.717) is 19.0 Å². The van der Waals surface area contributed by atoms with Gasteiger partial charge in [-0.25, -0.2) is 4.39 Å². The van der Waals surface area contributed by atoms with E-state index in [1.54, 1.807) is 36.1 Å². The largest absolute Gasteiger partial charge is 0.491 e. The highest BCUT2D eigenvalue weighted by Crippen LogP contribution is 2.23. The molecule has 0 N–H and O–H groups in total. The summed E-state index contributed by atoms with van der Waals surface area (Å²) in [5, 5.41) is 0. The second kappa shape index (κ2) is 7.97. The average Bonchev–Trinajstić information content (AvgIpc) is 2.64. The van der Waals surface area contributed by atoms with Crippen LogP contribution in [0.25, 0.3) is 16.8 Å². The maximum Gasteiger partial charge on any atom is 0.255 e. The van der Waals surface area contributed by atoms with E-state index in [9.17, 15) is 9.18 Å². The van der Waals surface area contributed by atoms with Crippen molar-refractivity contribution in [1.29, 1.82) is 0 Å². The van der Waals surface area contributed by atoms with Crippen LogP contribution < -0.4 is 10.3 Å². The minimum absolute atomic E-state index is 0.124. The number of halogens is 1. The Hall–Kier alpha value is -2.92. The van der Waals surface area contributed by atoms with E-state index in [0.717, 1.165) is 22.4 Å². The third kappa shape index (κ3) is 4.00. The molecule has 0 amide bonds. The molecule has 0 saturated carbocycles. The molecular weight excluding hydrogens is 333 g/mol. The van der Waals surface area contributed by atoms with Crippen LogP contribution in [0, 0.1) is 12.7 Å². The van der Waals surface area contributed by atoms with E-state index in [1.807, 2.05) is 31.2 Å². The van der Waals surface area contributed by atoms with Gasteiger partial charge in [-0.3, -0.25) is 9.36 Å². The molecule has 134 valence electrons. The minimum Gasteiger partial charge on any atom is -0.491 e. The van der Waals surface area contributed by atoms with Crippen molar-refractivity contribution >= 4 is 0 Å². The highest BCUT2D eigenvalue weighted by molar-refractivity contribution is 5.66. The highest BCUT2D eigenvalue weighted by atomic mass is 19.1. The molecule has 0 fully saturated rings. The number of benzene rings is 2. The van der Waals surface area contributed by atoms with Crippen LogP contribution in [-0.2, 0) is 4.74 Å². The Morgan fingerprint density at radius 3 is 2.35 bits per heavy atom. The molecule has 2 aromatic carbocycles. The fourth-order valence-corrected chi connectivity index (χ4v) is 2.71. The quantitative estimate of drug-likeness (QED) is 0.630. The lowest BCUT2D eigenvalue weighted by atomic mass is 10.0. The minimum atomic E-state index is -0.288. The number of ether oxygens (including phenoxy) is 2. The lowest BCUT2D eigenvalue weighted by Crippen LogP contribution is -2.17. The fraction of sp³-hybridized carbons (Fsp3) is 0.190. The SMILES string of the molecule is COCCOc1ccc(-n2cc(-c3ccc(F)cc3)c(C)cc2=O)cc1. The summed E-state index contributed by atoms with van der Waals surface area (Å²) in [6.45, 7) is 2.85. The number of aryl methyl sites for hydroxylation is 1. The van der Waals surface area contributed by atoms with Gasteiger partial charge in [0, 0.05) is 30.6 Å². The Morgan fingerprint density at radius 2 is 1.69 bits per heavy atom. The van der Waals surface area contributed by atoms with Crippen LogP contribution in [0.2, 0.25) is 0 Å². The normalized spacial score (nSPS) is 10.7. The van der Waals surface area contributed by atoms with Gasteiger partial charge in [-0.2, -0.15) is 0 Å². The molecule has 0 spiro atoms. The van der Waals surface area contributed by atoms with Gasteiger partial charge in [-0.05, 0) is 54.4 Å². The van der Waals surface area contributed by atoms with Crippen molar-refractivity contribution in [3.63, 3.8) is 0 Å². The second-order valence-electron chi connectivity index (χ2n) is 5.92. The number of aromatic nitrogens is 1. The number of hydrogen-bond acceptors (Lipinski definition) is 3. The van der Waals surface area contributed by atoms with Gasteiger partial charge in [0.25, 0.3) is 5.56 Å². The maximum absolute atomic E-state index is 13.2. The van der Waals surface area contributed by atoms with Gasteiger partial charge in [0.2, 0.25) is 0 Å². The predicted molar refractivity (Wildman–Crippen MR) is 99.5 cm³/mol. The molecule has 0 aliphatic rings. The van der Waals surface area contributed by atoms with Crippen LogP contribution in [-0.4, -0.2) is 24.9 Å². The highest BCUT2D eigenvalue weighted by Gasteiger charge is 2.08. The Balaban J connectivity index is 1.93. The van der Waals surface area contributed by atoms with Crippen molar-refractivity contribution < 1.29 is 13.9 Å². The number of rotatable bonds is 6. The molecule has 5 heteroatoms. The Kier molecular flexibility index (Phi) is 5.49. The molecule has 0 unspecified atom stereocenters. The van der Waals surface area contributed by atoms with Gasteiger partial charge in [-0.15, -0.1) is 0 Å². The molecule has 0 atom stereocenters. The molecule has 26 heavy (non-hydrogen) atoms. The van der Waals surface area contributed by atoms with E-state index in [4.69, 9.17) is 9.47 Å². The summed E-state index contributed by atoms with van der Waals surface area (Å²) in [4.78, 5) is 12.4. The van der Waals surface area contributed by atoms with Crippen molar-refractivity contribution in [1.82, 2.24) is 4.57 Å². The topological polar surface area (TPSA) is 40.5 Å². The van der Waals surface area contributed by atoms with E-state index in [-0.39, 0.29) is 11.4 Å². The summed E-state index contributed by atoms with van der Waals surface area (Å²) in [6.07, 6.45) is 1.78. The van der Waals surface area contributed by atoms with E-state index < -0.39 is 0 Å². The molecule has 3 rings (SSSR count). The van der Waals surface area contributed by atoms with Crippen LogP contribution in [0.5, 0.6) is 5.75 Å². The van der Waals surface area contributed by atoms with Crippen LogP contribution in [0.15, 0.2) is 65.6 Å². The Labute approximate surface area is 151 Å². The van der Waals surface area contributed by atoms with E-state index in [1.165, 1.54) is 12.1 Å². The first-order valence-corrected chi connectivity index (χ1v) is 8.30. The van der Waals surface area contributed by atoms with Crippen LogP contribution in [0.4, 0.5) is 4.39 Å².